The molecule has 1 aromatic carbocycles. The molecule has 0 amide bonds. The first-order chi connectivity index (χ1) is 9.83. The van der Waals surface area contributed by atoms with Gasteiger partial charge in [-0.15, -0.1) is 6.58 Å². The number of hydrogen-bond acceptors (Lipinski definition) is 3. The van der Waals surface area contributed by atoms with Crippen molar-refractivity contribution in [3.63, 3.8) is 0 Å². The maximum absolute atomic E-state index is 5.30. The van der Waals surface area contributed by atoms with Gasteiger partial charge in [-0.1, -0.05) is 6.08 Å². The molecular weight excluding hydrogens is 250 g/mol. The van der Waals surface area contributed by atoms with Crippen LogP contribution in [-0.4, -0.2) is 29.8 Å². The highest BCUT2D eigenvalue weighted by Crippen LogP contribution is 2.29. The molecule has 0 saturated carbocycles. The van der Waals surface area contributed by atoms with Crippen molar-refractivity contribution in [1.82, 2.24) is 14.9 Å². The number of nitrogens with one attached hydrogen (secondary N) is 1. The van der Waals surface area contributed by atoms with Gasteiger partial charge >= 0.3 is 0 Å². The lowest BCUT2D eigenvalue weighted by atomic mass is 9.97. The quantitative estimate of drug-likeness (QED) is 0.869. The molecule has 20 heavy (non-hydrogen) atoms. The molecule has 1 aliphatic rings. The molecule has 4 heteroatoms. The van der Waals surface area contributed by atoms with E-state index in [1.54, 1.807) is 7.11 Å². The normalized spacial score (nSPS) is 16.4. The standard InChI is InChI=1S/C16H21N3O/c1-3-10-19-15-5-4-13(20-2)11-14(15)18-16(19)12-6-8-17-9-7-12/h3-5,11-12,17H,1,6-10H2,2H3. The molecule has 0 aliphatic carbocycles. The van der Waals surface area contributed by atoms with Gasteiger partial charge < -0.3 is 14.6 Å². The van der Waals surface area contributed by atoms with Crippen molar-refractivity contribution in [1.29, 1.82) is 0 Å². The second-order valence-electron chi connectivity index (χ2n) is 5.25. The van der Waals surface area contributed by atoms with Gasteiger partial charge in [-0.25, -0.2) is 4.98 Å². The number of imidazole rings is 1. The van der Waals surface area contributed by atoms with Crippen LogP contribution in [0.3, 0.4) is 0 Å². The zero-order valence-electron chi connectivity index (χ0n) is 11.9. The van der Waals surface area contributed by atoms with Crippen LogP contribution >= 0.6 is 0 Å². The number of piperidine rings is 1. The molecule has 1 aromatic heterocycles. The Bertz CT molecular complexity index is 611. The van der Waals surface area contributed by atoms with E-state index >= 15 is 0 Å². The monoisotopic (exact) mass is 271 g/mol. The highest BCUT2D eigenvalue weighted by atomic mass is 16.5. The Labute approximate surface area is 119 Å². The lowest BCUT2D eigenvalue weighted by Crippen LogP contribution is -2.28. The molecule has 1 N–H and O–H groups in total. The van der Waals surface area contributed by atoms with Gasteiger partial charge in [0, 0.05) is 18.5 Å². The number of allylic oxidation sites excluding steroid dienone is 1. The molecule has 1 fully saturated rings. The Morgan fingerprint density at radius 1 is 1.45 bits per heavy atom. The molecule has 4 nitrogen and oxygen atoms in total. The number of fused-ring (bicyclic) bond motifs is 1. The van der Waals surface area contributed by atoms with E-state index in [1.807, 2.05) is 18.2 Å². The van der Waals surface area contributed by atoms with Gasteiger partial charge in [0.25, 0.3) is 0 Å². The van der Waals surface area contributed by atoms with Crippen LogP contribution in [-0.2, 0) is 6.54 Å². The van der Waals surface area contributed by atoms with Crippen molar-refractivity contribution >= 4 is 11.0 Å². The van der Waals surface area contributed by atoms with Crippen LogP contribution in [0.5, 0.6) is 5.75 Å². The van der Waals surface area contributed by atoms with Crippen LogP contribution in [0.25, 0.3) is 11.0 Å². The highest BCUT2D eigenvalue weighted by molar-refractivity contribution is 5.78. The first kappa shape index (κ1) is 13.2. The molecule has 0 bridgehead atoms. The smallest absolute Gasteiger partial charge is 0.121 e. The zero-order valence-corrected chi connectivity index (χ0v) is 11.9. The van der Waals surface area contributed by atoms with Crippen molar-refractivity contribution in [2.45, 2.75) is 25.3 Å². The summed E-state index contributed by atoms with van der Waals surface area (Å²) in [5, 5.41) is 3.41. The summed E-state index contributed by atoms with van der Waals surface area (Å²) in [6, 6.07) is 6.10. The molecule has 0 radical (unpaired) electrons. The molecule has 2 aromatic rings. The van der Waals surface area contributed by atoms with E-state index in [0.29, 0.717) is 5.92 Å². The van der Waals surface area contributed by atoms with Crippen LogP contribution in [0.4, 0.5) is 0 Å². The minimum Gasteiger partial charge on any atom is -0.497 e. The summed E-state index contributed by atoms with van der Waals surface area (Å²) in [5.41, 5.74) is 2.18. The Kier molecular flexibility index (Phi) is 3.74. The Morgan fingerprint density at radius 2 is 2.25 bits per heavy atom. The third kappa shape index (κ3) is 2.31. The van der Waals surface area contributed by atoms with E-state index in [0.717, 1.165) is 43.7 Å². The van der Waals surface area contributed by atoms with Gasteiger partial charge in [-0.05, 0) is 38.1 Å². The summed E-state index contributed by atoms with van der Waals surface area (Å²) in [6.45, 7) is 6.83. The van der Waals surface area contributed by atoms with Crippen molar-refractivity contribution < 1.29 is 4.74 Å². The van der Waals surface area contributed by atoms with Gasteiger partial charge in [-0.2, -0.15) is 0 Å². The van der Waals surface area contributed by atoms with E-state index in [9.17, 15) is 0 Å². The molecule has 1 aliphatic heterocycles. The maximum Gasteiger partial charge on any atom is 0.121 e. The van der Waals surface area contributed by atoms with Gasteiger partial charge in [0.05, 0.1) is 18.1 Å². The Hall–Kier alpha value is -1.81. The van der Waals surface area contributed by atoms with E-state index < -0.39 is 0 Å². The third-order valence-electron chi connectivity index (χ3n) is 4.00. The molecule has 1 saturated heterocycles. The lowest BCUT2D eigenvalue weighted by Gasteiger charge is -2.22. The predicted octanol–water partition coefficient (Wildman–Crippen LogP) is 2.70. The average molecular weight is 271 g/mol. The zero-order chi connectivity index (χ0) is 13.9. The maximum atomic E-state index is 5.30. The van der Waals surface area contributed by atoms with E-state index in [1.165, 1.54) is 11.3 Å². The molecule has 0 unspecified atom stereocenters. The van der Waals surface area contributed by atoms with Gasteiger partial charge in [0.2, 0.25) is 0 Å². The number of benzene rings is 1. The summed E-state index contributed by atoms with van der Waals surface area (Å²) >= 11 is 0. The van der Waals surface area contributed by atoms with Crippen LogP contribution in [0.15, 0.2) is 30.9 Å². The molecule has 0 spiro atoms. The fourth-order valence-electron chi connectivity index (χ4n) is 2.97. The number of hydrogen-bond donors (Lipinski definition) is 1. The van der Waals surface area contributed by atoms with Gasteiger partial charge in [0.15, 0.2) is 0 Å². The van der Waals surface area contributed by atoms with Crippen LogP contribution in [0.1, 0.15) is 24.6 Å². The summed E-state index contributed by atoms with van der Waals surface area (Å²) in [5.74, 6) is 2.59. The first-order valence-electron chi connectivity index (χ1n) is 7.19. The summed E-state index contributed by atoms with van der Waals surface area (Å²) < 4.78 is 7.59. The molecule has 2 heterocycles. The predicted molar refractivity (Wildman–Crippen MR) is 81.3 cm³/mol. The number of rotatable bonds is 4. The van der Waals surface area contributed by atoms with Gasteiger partial charge in [0.1, 0.15) is 11.6 Å². The molecule has 3 rings (SSSR count). The van der Waals surface area contributed by atoms with Crippen molar-refractivity contribution in [3.8, 4) is 5.75 Å². The van der Waals surface area contributed by atoms with Crippen LogP contribution in [0, 0.1) is 0 Å². The lowest BCUT2D eigenvalue weighted by molar-refractivity contribution is 0.415. The molecular formula is C16H21N3O. The summed E-state index contributed by atoms with van der Waals surface area (Å²) in [6.07, 6.45) is 4.24. The Morgan fingerprint density at radius 3 is 2.95 bits per heavy atom. The topological polar surface area (TPSA) is 39.1 Å². The van der Waals surface area contributed by atoms with Crippen molar-refractivity contribution in [2.75, 3.05) is 20.2 Å². The minimum atomic E-state index is 0.537. The Balaban J connectivity index is 2.08. The average Bonchev–Trinajstić information content (AvgIpc) is 2.86. The van der Waals surface area contributed by atoms with Crippen LogP contribution in [0.2, 0.25) is 0 Å². The number of ether oxygens (including phenoxy) is 1. The fourth-order valence-corrected chi connectivity index (χ4v) is 2.97. The second kappa shape index (κ2) is 5.67. The molecule has 0 atom stereocenters. The van der Waals surface area contributed by atoms with E-state index in [-0.39, 0.29) is 0 Å². The molecule has 106 valence electrons. The van der Waals surface area contributed by atoms with Gasteiger partial charge in [-0.3, -0.25) is 0 Å². The highest BCUT2D eigenvalue weighted by Gasteiger charge is 2.22. The largest absolute Gasteiger partial charge is 0.497 e. The fraction of sp³-hybridized carbons (Fsp3) is 0.438. The summed E-state index contributed by atoms with van der Waals surface area (Å²) in [7, 11) is 1.69. The van der Waals surface area contributed by atoms with E-state index in [4.69, 9.17) is 9.72 Å². The van der Waals surface area contributed by atoms with Crippen LogP contribution < -0.4 is 10.1 Å². The third-order valence-corrected chi connectivity index (χ3v) is 4.00. The summed E-state index contributed by atoms with van der Waals surface area (Å²) in [4.78, 5) is 4.87. The number of methoxy groups -OCH3 is 1. The SMILES string of the molecule is C=CCn1c(C2CCNCC2)nc2cc(OC)ccc21. The van der Waals surface area contributed by atoms with Crippen molar-refractivity contribution in [3.05, 3.63) is 36.7 Å². The second-order valence-corrected chi connectivity index (χ2v) is 5.25. The number of aromatic nitrogens is 2. The van der Waals surface area contributed by atoms with E-state index in [2.05, 4.69) is 22.5 Å². The first-order valence-corrected chi connectivity index (χ1v) is 7.19. The number of nitrogens with zero attached hydrogens (tertiary/aromatic N) is 2. The van der Waals surface area contributed by atoms with Crippen molar-refractivity contribution in [2.24, 2.45) is 0 Å². The minimum absolute atomic E-state index is 0.537.